The van der Waals surface area contributed by atoms with E-state index in [4.69, 9.17) is 23.7 Å². The summed E-state index contributed by atoms with van der Waals surface area (Å²) in [5.41, 5.74) is 0.00208. The molecule has 16 heteroatoms. The number of fused-ring (bicyclic) bond motifs is 14. The lowest BCUT2D eigenvalue weighted by molar-refractivity contribution is -0.160. The number of amides is 2. The monoisotopic (exact) mass is 909 g/mol. The van der Waals surface area contributed by atoms with Gasteiger partial charge >= 0.3 is 11.8 Å². The predicted octanol–water partition coefficient (Wildman–Crippen LogP) is 7.09. The lowest BCUT2D eigenvalue weighted by atomic mass is 9.78. The summed E-state index contributed by atoms with van der Waals surface area (Å²) in [6.45, 7) is 20.0. The fourth-order valence-corrected chi connectivity index (χ4v) is 8.56. The van der Waals surface area contributed by atoms with Crippen molar-refractivity contribution in [2.24, 2.45) is 23.7 Å². The number of Topliss-reactive ketones (excluding diaryl/α,β-unsaturated/α-hetero) is 1. The van der Waals surface area contributed by atoms with Crippen LogP contribution in [0.2, 0.25) is 0 Å². The molecule has 65 heavy (non-hydrogen) atoms. The Morgan fingerprint density at radius 3 is 2.15 bits per heavy atom. The molecule has 3 heterocycles. The largest absolute Gasteiger partial charge is 0.507 e. The number of aliphatic hydroxyl groups is 2. The van der Waals surface area contributed by atoms with Crippen molar-refractivity contribution < 1.29 is 63.3 Å². The average Bonchev–Trinajstić information content (AvgIpc) is 3.53. The number of hydrogen-bond acceptors (Lipinski definition) is 14. The van der Waals surface area contributed by atoms with Gasteiger partial charge in [0.15, 0.2) is 12.4 Å². The van der Waals surface area contributed by atoms with E-state index >= 15 is 0 Å². The predicted molar refractivity (Wildman–Crippen MR) is 246 cm³/mol. The zero-order valence-corrected chi connectivity index (χ0v) is 40.1. The number of hydrogen-bond donors (Lipinski definition) is 5. The smallest absolute Gasteiger partial charge is 0.312 e. The number of benzene rings is 2. The Morgan fingerprint density at radius 1 is 0.892 bits per heavy atom. The van der Waals surface area contributed by atoms with Crippen molar-refractivity contribution in [1.82, 2.24) is 10.0 Å². The Morgan fingerprint density at radius 2 is 1.55 bits per heavy atom. The fraction of sp³-hybridized carbons (Fsp3) is 0.592. The summed E-state index contributed by atoms with van der Waals surface area (Å²) in [7, 11) is 1.44. The number of allylic oxidation sites excluding steroid dienone is 2. The Kier molecular flexibility index (Phi) is 18.4. The lowest BCUT2D eigenvalue weighted by Gasteiger charge is -2.38. The number of nitrogens with zero attached hydrogens (tertiary/aromatic N) is 2. The summed E-state index contributed by atoms with van der Waals surface area (Å²) in [6, 6.07) is 1.30. The topological polar surface area (TPSA) is 214 Å². The maximum atomic E-state index is 14.7. The van der Waals surface area contributed by atoms with E-state index in [-0.39, 0.29) is 50.6 Å². The van der Waals surface area contributed by atoms with Crippen LogP contribution in [0.4, 0.5) is 5.69 Å². The van der Waals surface area contributed by atoms with E-state index in [2.05, 4.69) is 5.32 Å². The molecule has 16 nitrogen and oxygen atoms in total. The number of phenols is 2. The molecule has 0 saturated carbocycles. The Hall–Kier alpha value is -5.16. The number of anilines is 1. The summed E-state index contributed by atoms with van der Waals surface area (Å²) < 4.78 is 30.2. The molecule has 2 amide bonds. The SMILES string of the molecule is CCCCN(C(=O)COc1cc2c(O)c3c(O)c(C)c4c(c13)C(=O)[C@@](C)(O/C=C/[C@H](OC)[C@@H](C)[C@@H](OC(C)=O)[C@H](C)[C@H](O)[C@H](C)[C@@H](O)[C@@H](C)/C=C/C=C(/C)C(=O)N2)O4)N(CCC)CCC. The average molecular weight is 910 g/mol. The second kappa shape index (κ2) is 22.8. The number of carbonyl (C=O) groups is 4. The van der Waals surface area contributed by atoms with Gasteiger partial charge in [0.1, 0.15) is 23.4 Å². The van der Waals surface area contributed by atoms with Crippen molar-refractivity contribution in [1.29, 1.82) is 0 Å². The first kappa shape index (κ1) is 52.5. The number of aromatic hydroxyl groups is 2. The molecule has 0 fully saturated rings. The van der Waals surface area contributed by atoms with Crippen LogP contribution in [0, 0.1) is 30.6 Å². The molecule has 0 aliphatic carbocycles. The first-order valence-electron chi connectivity index (χ1n) is 22.7. The van der Waals surface area contributed by atoms with Crippen molar-refractivity contribution in [3.8, 4) is 23.0 Å². The van der Waals surface area contributed by atoms with Gasteiger partial charge in [0.05, 0.1) is 41.2 Å². The molecule has 3 aliphatic rings. The molecule has 5 N–H and O–H groups in total. The van der Waals surface area contributed by atoms with Crippen molar-refractivity contribution in [3.63, 3.8) is 0 Å². The van der Waals surface area contributed by atoms with Crippen LogP contribution < -0.4 is 14.8 Å². The van der Waals surface area contributed by atoms with Crippen LogP contribution in [0.25, 0.3) is 10.8 Å². The van der Waals surface area contributed by atoms with Crippen molar-refractivity contribution in [2.45, 2.75) is 132 Å². The van der Waals surface area contributed by atoms with Crippen molar-refractivity contribution in [2.75, 3.05) is 38.7 Å². The first-order chi connectivity index (χ1) is 30.7. The number of esters is 1. The number of ether oxygens (including phenoxy) is 5. The molecule has 0 radical (unpaired) electrons. The normalized spacial score (nSPS) is 28.3. The maximum absolute atomic E-state index is 14.7. The summed E-state index contributed by atoms with van der Waals surface area (Å²) >= 11 is 0. The molecule has 360 valence electrons. The highest BCUT2D eigenvalue weighted by Gasteiger charge is 2.50. The minimum atomic E-state index is -2.04. The van der Waals surface area contributed by atoms with E-state index in [0.717, 1.165) is 25.7 Å². The summed E-state index contributed by atoms with van der Waals surface area (Å²) in [4.78, 5) is 54.9. The standard InChI is InChI=1S/C49H71N3O13/c1-13-16-23-52(51(21-14-2)22-15-3)37(54)26-62-36-25-34-44(58)39-38(36)40-46(32(9)43(39)57)65-49(11,47(40)59)63-24-20-35(61-12)29(6)45(64-33(10)53)31(8)42(56)30(7)41(55)27(4)18-17-19-28(5)48(60)50-34/h17-20,24-25,27,29-31,35,41-42,45,55-58H,13-16,21-23,26H2,1-12H3,(H,50,60)/b18-17+,24-20+,28-19-/t27-,29+,30+,31+,35-,41-,42+,45+,49-/m0/s1. The molecule has 0 unspecified atom stereocenters. The van der Waals surface area contributed by atoms with E-state index in [1.165, 1.54) is 52.4 Å². The fourth-order valence-electron chi connectivity index (χ4n) is 8.56. The van der Waals surface area contributed by atoms with Gasteiger partial charge in [-0.3, -0.25) is 24.2 Å². The van der Waals surface area contributed by atoms with Crippen LogP contribution in [0.5, 0.6) is 23.0 Å². The summed E-state index contributed by atoms with van der Waals surface area (Å²) in [5.74, 6) is -8.03. The zero-order valence-electron chi connectivity index (χ0n) is 40.1. The van der Waals surface area contributed by atoms with Crippen LogP contribution in [0.15, 0.2) is 42.2 Å². The third kappa shape index (κ3) is 11.6. The molecule has 9 atom stereocenters. The number of phenolic OH excluding ortho intramolecular Hbond substituents is 2. The molecule has 2 aromatic carbocycles. The Labute approximate surface area is 383 Å². The van der Waals surface area contributed by atoms with E-state index < -0.39 is 89.6 Å². The number of nitrogens with one attached hydrogen (secondary N) is 1. The zero-order chi connectivity index (χ0) is 48.5. The Balaban J connectivity index is 1.94. The number of rotatable bonds is 13. The summed E-state index contributed by atoms with van der Waals surface area (Å²) in [6.07, 6.45) is 6.83. The molecule has 3 aliphatic heterocycles. The molecule has 0 saturated heterocycles. The number of methoxy groups -OCH3 is 1. The second-order valence-electron chi connectivity index (χ2n) is 17.5. The molecule has 0 spiro atoms. The van der Waals surface area contributed by atoms with Crippen LogP contribution in [0.1, 0.15) is 111 Å². The van der Waals surface area contributed by atoms with Gasteiger partial charge in [-0.15, -0.1) is 0 Å². The van der Waals surface area contributed by atoms with E-state index in [1.54, 1.807) is 51.8 Å². The molecule has 5 rings (SSSR count). The van der Waals surface area contributed by atoms with Gasteiger partial charge in [-0.1, -0.05) is 73.1 Å². The Bertz CT molecular complexity index is 2130. The first-order valence-corrected chi connectivity index (χ1v) is 22.7. The number of unbranched alkanes of at least 4 members (excludes halogenated alkanes) is 1. The molecular formula is C49H71N3O13. The third-order valence-corrected chi connectivity index (χ3v) is 12.5. The third-order valence-electron chi connectivity index (χ3n) is 12.5. The van der Waals surface area contributed by atoms with Gasteiger partial charge in [-0.25, -0.2) is 5.01 Å². The number of ketones is 1. The van der Waals surface area contributed by atoms with Crippen LogP contribution in [-0.2, 0) is 28.6 Å². The van der Waals surface area contributed by atoms with Crippen molar-refractivity contribution >= 4 is 40.0 Å². The van der Waals surface area contributed by atoms with Crippen molar-refractivity contribution in [3.05, 3.63) is 53.3 Å². The highest BCUT2D eigenvalue weighted by atomic mass is 16.7. The second-order valence-corrected chi connectivity index (χ2v) is 17.5. The van der Waals surface area contributed by atoms with Gasteiger partial charge in [-0.05, 0) is 39.2 Å². The van der Waals surface area contributed by atoms with E-state index in [1.807, 2.05) is 25.8 Å². The maximum Gasteiger partial charge on any atom is 0.312 e. The van der Waals surface area contributed by atoms with E-state index in [9.17, 15) is 39.6 Å². The van der Waals surface area contributed by atoms with Crippen LogP contribution in [0.3, 0.4) is 0 Å². The van der Waals surface area contributed by atoms with Crippen LogP contribution >= 0.6 is 0 Å². The summed E-state index contributed by atoms with van der Waals surface area (Å²) in [5, 5.41) is 52.7. The van der Waals surface area contributed by atoms with Crippen LogP contribution in [-0.4, -0.2) is 118 Å². The quantitative estimate of drug-likeness (QED) is 0.0771. The van der Waals surface area contributed by atoms with Gasteiger partial charge in [0, 0.05) is 86.9 Å². The highest BCUT2D eigenvalue weighted by Crippen LogP contribution is 2.54. The van der Waals surface area contributed by atoms with Gasteiger partial charge in [-0.2, -0.15) is 0 Å². The number of aliphatic hydroxyl groups excluding tert-OH is 2. The minimum absolute atomic E-state index is 0.0547. The highest BCUT2D eigenvalue weighted by molar-refractivity contribution is 6.21. The minimum Gasteiger partial charge on any atom is -0.507 e. The lowest BCUT2D eigenvalue weighted by Crippen LogP contribution is -2.49. The van der Waals surface area contributed by atoms with Gasteiger partial charge < -0.3 is 49.4 Å². The molecule has 5 bridgehead atoms. The molecule has 0 aromatic heterocycles. The molecule has 2 aromatic rings. The van der Waals surface area contributed by atoms with Gasteiger partial charge in [0.2, 0.25) is 0 Å². The van der Waals surface area contributed by atoms with Gasteiger partial charge in [0.25, 0.3) is 17.6 Å². The number of hydrazine groups is 1. The van der Waals surface area contributed by atoms with E-state index in [0.29, 0.717) is 19.6 Å². The molecular weight excluding hydrogens is 839 g/mol. The number of carbonyl (C=O) groups excluding carboxylic acids is 4.